The molecule has 0 saturated heterocycles. The molecule has 1 aliphatic rings. The van der Waals surface area contributed by atoms with Crippen molar-refractivity contribution in [1.29, 1.82) is 0 Å². The number of hydrogen-bond donors (Lipinski definition) is 1. The van der Waals surface area contributed by atoms with Gasteiger partial charge in [-0.25, -0.2) is 4.39 Å². The van der Waals surface area contributed by atoms with Gasteiger partial charge in [0, 0.05) is 18.7 Å². The zero-order valence-electron chi connectivity index (χ0n) is 12.4. The zero-order chi connectivity index (χ0) is 14.8. The molecule has 0 aromatic heterocycles. The quantitative estimate of drug-likeness (QED) is 0.796. The molecule has 1 aliphatic carbocycles. The summed E-state index contributed by atoms with van der Waals surface area (Å²) in [6.45, 7) is 5.57. The molecular formula is C16H23BrFNO. The Morgan fingerprint density at radius 2 is 2.10 bits per heavy atom. The molecule has 0 unspecified atom stereocenters. The van der Waals surface area contributed by atoms with E-state index in [4.69, 9.17) is 4.74 Å². The van der Waals surface area contributed by atoms with E-state index in [0.29, 0.717) is 10.2 Å². The number of benzene rings is 1. The maximum Gasteiger partial charge on any atom is 0.141 e. The molecule has 112 valence electrons. The topological polar surface area (TPSA) is 21.3 Å². The monoisotopic (exact) mass is 343 g/mol. The third-order valence-corrected chi connectivity index (χ3v) is 4.45. The molecular weight excluding hydrogens is 321 g/mol. The molecule has 1 fully saturated rings. The minimum Gasteiger partial charge on any atom is -0.496 e. The summed E-state index contributed by atoms with van der Waals surface area (Å²) in [5, 5.41) is 3.58. The second kappa shape index (κ2) is 6.44. The fourth-order valence-corrected chi connectivity index (χ4v) is 2.62. The van der Waals surface area contributed by atoms with E-state index < -0.39 is 0 Å². The predicted molar refractivity (Wildman–Crippen MR) is 83.8 cm³/mol. The van der Waals surface area contributed by atoms with E-state index in [2.05, 4.69) is 35.1 Å². The smallest absolute Gasteiger partial charge is 0.141 e. The standard InChI is InChI=1S/C16H23BrFNO/c1-16(2,10-19-12-4-5-12)7-6-11-8-13(17)14(18)9-15(11)20-3/h8-9,12,19H,4-7,10H2,1-3H3. The number of methoxy groups -OCH3 is 1. The van der Waals surface area contributed by atoms with E-state index in [0.717, 1.165) is 31.0 Å². The summed E-state index contributed by atoms with van der Waals surface area (Å²) in [4.78, 5) is 0. The number of hydrogen-bond acceptors (Lipinski definition) is 2. The lowest BCUT2D eigenvalue weighted by atomic mass is 9.86. The first-order chi connectivity index (χ1) is 9.41. The van der Waals surface area contributed by atoms with Gasteiger partial charge in [0.15, 0.2) is 0 Å². The van der Waals surface area contributed by atoms with E-state index in [1.54, 1.807) is 7.11 Å². The Hall–Kier alpha value is -0.610. The summed E-state index contributed by atoms with van der Waals surface area (Å²) in [7, 11) is 1.59. The van der Waals surface area contributed by atoms with E-state index in [-0.39, 0.29) is 11.2 Å². The van der Waals surface area contributed by atoms with Crippen LogP contribution in [0.25, 0.3) is 0 Å². The van der Waals surface area contributed by atoms with Gasteiger partial charge in [-0.05, 0) is 58.7 Å². The van der Waals surface area contributed by atoms with Crippen LogP contribution >= 0.6 is 15.9 Å². The van der Waals surface area contributed by atoms with Gasteiger partial charge < -0.3 is 10.1 Å². The Balaban J connectivity index is 1.96. The fraction of sp³-hybridized carbons (Fsp3) is 0.625. The molecule has 0 bridgehead atoms. The van der Waals surface area contributed by atoms with E-state index in [9.17, 15) is 4.39 Å². The minimum absolute atomic E-state index is 0.231. The predicted octanol–water partition coefficient (Wildman–Crippen LogP) is 4.31. The maximum atomic E-state index is 13.5. The second-order valence-electron chi connectivity index (χ2n) is 6.40. The molecule has 1 N–H and O–H groups in total. The molecule has 0 spiro atoms. The highest BCUT2D eigenvalue weighted by atomic mass is 79.9. The molecule has 0 amide bonds. The number of nitrogens with one attached hydrogen (secondary N) is 1. The van der Waals surface area contributed by atoms with E-state index >= 15 is 0 Å². The number of ether oxygens (including phenoxy) is 1. The van der Waals surface area contributed by atoms with E-state index in [1.807, 2.05) is 6.07 Å². The average Bonchev–Trinajstić information content (AvgIpc) is 3.21. The lowest BCUT2D eigenvalue weighted by Crippen LogP contribution is -2.31. The Morgan fingerprint density at radius 1 is 1.40 bits per heavy atom. The van der Waals surface area contributed by atoms with Crippen LogP contribution in [0.3, 0.4) is 0 Å². The van der Waals surface area contributed by atoms with Crippen molar-refractivity contribution in [3.8, 4) is 5.75 Å². The lowest BCUT2D eigenvalue weighted by Gasteiger charge is -2.25. The third kappa shape index (κ3) is 4.45. The summed E-state index contributed by atoms with van der Waals surface area (Å²) < 4.78 is 19.3. The number of aryl methyl sites for hydroxylation is 1. The van der Waals surface area contributed by atoms with E-state index in [1.165, 1.54) is 18.9 Å². The molecule has 0 atom stereocenters. The van der Waals surface area contributed by atoms with Gasteiger partial charge >= 0.3 is 0 Å². The van der Waals surface area contributed by atoms with Crippen LogP contribution in [0, 0.1) is 11.2 Å². The molecule has 1 saturated carbocycles. The molecule has 0 heterocycles. The first kappa shape index (κ1) is 15.8. The van der Waals surface area contributed by atoms with Crippen LogP contribution in [0.2, 0.25) is 0 Å². The lowest BCUT2D eigenvalue weighted by molar-refractivity contribution is 0.311. The number of rotatable bonds is 7. The Labute approximate surface area is 129 Å². The molecule has 1 aromatic rings. The average molecular weight is 344 g/mol. The second-order valence-corrected chi connectivity index (χ2v) is 7.25. The van der Waals surface area contributed by atoms with Gasteiger partial charge in [-0.1, -0.05) is 13.8 Å². The van der Waals surface area contributed by atoms with Gasteiger partial charge in [-0.2, -0.15) is 0 Å². The minimum atomic E-state index is -0.278. The largest absolute Gasteiger partial charge is 0.496 e. The van der Waals surface area contributed by atoms with Gasteiger partial charge in [0.1, 0.15) is 11.6 Å². The molecule has 2 rings (SSSR count). The van der Waals surface area contributed by atoms with Crippen LogP contribution in [0.15, 0.2) is 16.6 Å². The van der Waals surface area contributed by atoms with Crippen molar-refractivity contribution in [2.75, 3.05) is 13.7 Å². The van der Waals surface area contributed by atoms with Crippen molar-refractivity contribution < 1.29 is 9.13 Å². The molecule has 1 aromatic carbocycles. The van der Waals surface area contributed by atoms with Crippen molar-refractivity contribution >= 4 is 15.9 Å². The Morgan fingerprint density at radius 3 is 2.70 bits per heavy atom. The van der Waals surface area contributed by atoms with Crippen LogP contribution < -0.4 is 10.1 Å². The van der Waals surface area contributed by atoms with Crippen molar-refractivity contribution in [1.82, 2.24) is 5.32 Å². The van der Waals surface area contributed by atoms with Crippen LogP contribution in [-0.4, -0.2) is 19.7 Å². The van der Waals surface area contributed by atoms with Gasteiger partial charge in [-0.15, -0.1) is 0 Å². The highest BCUT2D eigenvalue weighted by molar-refractivity contribution is 9.10. The zero-order valence-corrected chi connectivity index (χ0v) is 14.0. The number of halogens is 2. The maximum absolute atomic E-state index is 13.5. The third-order valence-electron chi connectivity index (χ3n) is 3.84. The van der Waals surface area contributed by atoms with Crippen molar-refractivity contribution in [2.45, 2.75) is 45.6 Å². The molecule has 0 aliphatic heterocycles. The normalized spacial score (nSPS) is 15.4. The molecule has 4 heteroatoms. The summed E-state index contributed by atoms with van der Waals surface area (Å²) in [6.07, 6.45) is 4.56. The molecule has 2 nitrogen and oxygen atoms in total. The van der Waals surface area contributed by atoms with Gasteiger partial charge in [0.05, 0.1) is 11.6 Å². The first-order valence-corrected chi connectivity index (χ1v) is 7.96. The molecule has 20 heavy (non-hydrogen) atoms. The van der Waals surface area contributed by atoms with Crippen molar-refractivity contribution in [3.05, 3.63) is 28.0 Å². The highest BCUT2D eigenvalue weighted by Crippen LogP contribution is 2.31. The SMILES string of the molecule is COc1cc(F)c(Br)cc1CCC(C)(C)CNC1CC1. The Kier molecular flexibility index (Phi) is 5.08. The van der Waals surface area contributed by atoms with Crippen molar-refractivity contribution in [2.24, 2.45) is 5.41 Å². The molecule has 0 radical (unpaired) electrons. The van der Waals surface area contributed by atoms with Crippen LogP contribution in [0.1, 0.15) is 38.7 Å². The van der Waals surface area contributed by atoms with Gasteiger partial charge in [-0.3, -0.25) is 0 Å². The van der Waals surface area contributed by atoms with Crippen molar-refractivity contribution in [3.63, 3.8) is 0 Å². The fourth-order valence-electron chi connectivity index (χ4n) is 2.22. The summed E-state index contributed by atoms with van der Waals surface area (Å²) >= 11 is 3.25. The summed E-state index contributed by atoms with van der Waals surface area (Å²) in [5.74, 6) is 0.358. The first-order valence-electron chi connectivity index (χ1n) is 7.16. The van der Waals surface area contributed by atoms with Crippen LogP contribution in [0.4, 0.5) is 4.39 Å². The van der Waals surface area contributed by atoms with Gasteiger partial charge in [0.2, 0.25) is 0 Å². The Bertz CT molecular complexity index is 472. The van der Waals surface area contributed by atoms with Gasteiger partial charge in [0.25, 0.3) is 0 Å². The highest BCUT2D eigenvalue weighted by Gasteiger charge is 2.25. The van der Waals surface area contributed by atoms with Crippen LogP contribution in [-0.2, 0) is 6.42 Å². The van der Waals surface area contributed by atoms with Crippen LogP contribution in [0.5, 0.6) is 5.75 Å². The summed E-state index contributed by atoms with van der Waals surface area (Å²) in [6, 6.07) is 4.02. The summed E-state index contributed by atoms with van der Waals surface area (Å²) in [5.41, 5.74) is 1.29.